The van der Waals surface area contributed by atoms with Gasteiger partial charge in [0.25, 0.3) is 0 Å². The van der Waals surface area contributed by atoms with Gasteiger partial charge in [0.05, 0.1) is 10.5 Å². The molecule has 0 spiro atoms. The number of para-hydroxylation sites is 1. The van der Waals surface area contributed by atoms with Gasteiger partial charge in [0.15, 0.2) is 6.29 Å². The Bertz CT molecular complexity index is 700. The molecule has 2 rings (SSSR count). The summed E-state index contributed by atoms with van der Waals surface area (Å²) in [7, 11) is 0. The lowest BCUT2D eigenvalue weighted by Crippen LogP contribution is -2.10. The third-order valence-electron chi connectivity index (χ3n) is 3.29. The summed E-state index contributed by atoms with van der Waals surface area (Å²) in [6.07, 6.45) is 0.547. The summed E-state index contributed by atoms with van der Waals surface area (Å²) in [6.45, 7) is 6.28. The molecule has 114 valence electrons. The van der Waals surface area contributed by atoms with Crippen molar-refractivity contribution in [2.24, 2.45) is 0 Å². The summed E-state index contributed by atoms with van der Waals surface area (Å²) in [6, 6.07) is 11.6. The first-order chi connectivity index (χ1) is 10.3. The van der Waals surface area contributed by atoms with E-state index in [1.807, 2.05) is 12.1 Å². The largest absolute Gasteiger partial charge is 0.449 e. The van der Waals surface area contributed by atoms with Crippen molar-refractivity contribution in [2.75, 3.05) is 0 Å². The molecule has 0 atom stereocenters. The summed E-state index contributed by atoms with van der Waals surface area (Å²) in [4.78, 5) is 21.6. The Balaban J connectivity index is 2.38. The van der Waals surface area contributed by atoms with Crippen LogP contribution in [0.25, 0.3) is 0 Å². The molecule has 0 saturated carbocycles. The minimum atomic E-state index is -0.564. The summed E-state index contributed by atoms with van der Waals surface area (Å²) in [5.74, 6) is 0.413. The Morgan fingerprint density at radius 1 is 1.09 bits per heavy atom. The quantitative estimate of drug-likeness (QED) is 0.473. The zero-order valence-corrected chi connectivity index (χ0v) is 12.7. The standard InChI is InChI=1S/C17H17NO4/c1-17(2,3)13-7-9-14(10-8-13)22-16-12(11-19)5-4-6-15(16)18(20)21/h4-11H,1-3H3. The second kappa shape index (κ2) is 5.97. The molecule has 5 heteroatoms. The molecule has 0 heterocycles. The van der Waals surface area contributed by atoms with Crippen molar-refractivity contribution < 1.29 is 14.5 Å². The molecule has 0 aliphatic carbocycles. The number of hydrogen-bond acceptors (Lipinski definition) is 4. The van der Waals surface area contributed by atoms with Crippen molar-refractivity contribution in [1.29, 1.82) is 0 Å². The molecule has 0 aliphatic heterocycles. The Labute approximate surface area is 128 Å². The molecule has 2 aromatic rings. The summed E-state index contributed by atoms with van der Waals surface area (Å²) in [5.41, 5.74) is 1.04. The molecule has 0 unspecified atom stereocenters. The van der Waals surface area contributed by atoms with Crippen molar-refractivity contribution in [2.45, 2.75) is 26.2 Å². The number of nitrogens with zero attached hydrogens (tertiary/aromatic N) is 1. The van der Waals surface area contributed by atoms with Crippen LogP contribution in [0.15, 0.2) is 42.5 Å². The zero-order chi connectivity index (χ0) is 16.3. The molecule has 22 heavy (non-hydrogen) atoms. The molecule has 0 aromatic heterocycles. The van der Waals surface area contributed by atoms with E-state index in [4.69, 9.17) is 4.74 Å². The number of rotatable bonds is 4. The van der Waals surface area contributed by atoms with Gasteiger partial charge >= 0.3 is 5.69 Å². The van der Waals surface area contributed by atoms with E-state index in [1.54, 1.807) is 12.1 Å². The van der Waals surface area contributed by atoms with Gasteiger partial charge in [-0.2, -0.15) is 0 Å². The van der Waals surface area contributed by atoms with Crippen molar-refractivity contribution in [1.82, 2.24) is 0 Å². The predicted molar refractivity (Wildman–Crippen MR) is 83.7 cm³/mol. The highest BCUT2D eigenvalue weighted by atomic mass is 16.6. The molecule has 0 saturated heterocycles. The maximum Gasteiger partial charge on any atom is 0.312 e. The smallest absolute Gasteiger partial charge is 0.312 e. The Morgan fingerprint density at radius 3 is 2.23 bits per heavy atom. The van der Waals surface area contributed by atoms with Crippen LogP contribution in [0.3, 0.4) is 0 Å². The number of aldehydes is 1. The van der Waals surface area contributed by atoms with Gasteiger partial charge in [-0.1, -0.05) is 39.0 Å². The fourth-order valence-electron chi connectivity index (χ4n) is 2.03. The lowest BCUT2D eigenvalue weighted by molar-refractivity contribution is -0.385. The maximum absolute atomic E-state index is 11.1. The lowest BCUT2D eigenvalue weighted by atomic mass is 9.87. The van der Waals surface area contributed by atoms with Gasteiger partial charge in [-0.3, -0.25) is 14.9 Å². The fourth-order valence-corrected chi connectivity index (χ4v) is 2.03. The molecular weight excluding hydrogens is 282 g/mol. The van der Waals surface area contributed by atoms with Crippen molar-refractivity contribution in [3.63, 3.8) is 0 Å². The minimum absolute atomic E-state index is 0.00519. The Hall–Kier alpha value is -2.69. The number of hydrogen-bond donors (Lipinski definition) is 0. The number of nitro benzene ring substituents is 1. The number of ether oxygens (including phenoxy) is 1. The highest BCUT2D eigenvalue weighted by molar-refractivity contribution is 5.82. The van der Waals surface area contributed by atoms with Gasteiger partial charge in [0, 0.05) is 6.07 Å². The predicted octanol–water partition coefficient (Wildman–Crippen LogP) is 4.50. The number of benzene rings is 2. The van der Waals surface area contributed by atoms with Gasteiger partial charge in [-0.25, -0.2) is 0 Å². The third-order valence-corrected chi connectivity index (χ3v) is 3.29. The number of nitro groups is 1. The van der Waals surface area contributed by atoms with Crippen LogP contribution < -0.4 is 4.74 Å². The summed E-state index contributed by atoms with van der Waals surface area (Å²) >= 11 is 0. The second-order valence-corrected chi connectivity index (χ2v) is 5.95. The molecule has 0 N–H and O–H groups in total. The zero-order valence-electron chi connectivity index (χ0n) is 12.7. The molecule has 0 bridgehead atoms. The van der Waals surface area contributed by atoms with E-state index in [2.05, 4.69) is 20.8 Å². The van der Waals surface area contributed by atoms with Crippen LogP contribution in [0.2, 0.25) is 0 Å². The van der Waals surface area contributed by atoms with Crippen molar-refractivity contribution >= 4 is 12.0 Å². The topological polar surface area (TPSA) is 69.4 Å². The molecule has 0 aliphatic rings. The van der Waals surface area contributed by atoms with Crippen LogP contribution >= 0.6 is 0 Å². The van der Waals surface area contributed by atoms with E-state index < -0.39 is 4.92 Å². The monoisotopic (exact) mass is 299 g/mol. The highest BCUT2D eigenvalue weighted by Gasteiger charge is 2.20. The molecular formula is C17H17NO4. The van der Waals surface area contributed by atoms with Gasteiger partial charge < -0.3 is 4.74 Å². The van der Waals surface area contributed by atoms with Gasteiger partial charge in [-0.15, -0.1) is 0 Å². The van der Waals surface area contributed by atoms with E-state index in [-0.39, 0.29) is 22.4 Å². The SMILES string of the molecule is CC(C)(C)c1ccc(Oc2c(C=O)cccc2[N+](=O)[O-])cc1. The van der Waals surface area contributed by atoms with Crippen LogP contribution in [0.4, 0.5) is 5.69 Å². The van der Waals surface area contributed by atoms with Crippen LogP contribution in [-0.4, -0.2) is 11.2 Å². The van der Waals surface area contributed by atoms with E-state index in [9.17, 15) is 14.9 Å². The highest BCUT2D eigenvalue weighted by Crippen LogP contribution is 2.34. The normalized spacial score (nSPS) is 11.0. The van der Waals surface area contributed by atoms with E-state index >= 15 is 0 Å². The molecule has 0 fully saturated rings. The van der Waals surface area contributed by atoms with E-state index in [0.29, 0.717) is 12.0 Å². The first-order valence-electron chi connectivity index (χ1n) is 6.84. The third kappa shape index (κ3) is 3.31. The minimum Gasteiger partial charge on any atom is -0.449 e. The van der Waals surface area contributed by atoms with Crippen LogP contribution in [-0.2, 0) is 5.41 Å². The van der Waals surface area contributed by atoms with Gasteiger partial charge in [0.2, 0.25) is 5.75 Å². The average molecular weight is 299 g/mol. The first-order valence-corrected chi connectivity index (χ1v) is 6.84. The van der Waals surface area contributed by atoms with Gasteiger partial charge in [0.1, 0.15) is 5.75 Å². The lowest BCUT2D eigenvalue weighted by Gasteiger charge is -2.19. The maximum atomic E-state index is 11.1. The Morgan fingerprint density at radius 2 is 1.73 bits per heavy atom. The molecule has 0 amide bonds. The van der Waals surface area contributed by atoms with Crippen LogP contribution in [0.5, 0.6) is 11.5 Å². The van der Waals surface area contributed by atoms with E-state index in [0.717, 1.165) is 5.56 Å². The fraction of sp³-hybridized carbons (Fsp3) is 0.235. The van der Waals surface area contributed by atoms with Gasteiger partial charge in [-0.05, 0) is 29.2 Å². The molecule has 2 aromatic carbocycles. The molecule has 5 nitrogen and oxygen atoms in total. The Kier molecular flexibility index (Phi) is 4.26. The average Bonchev–Trinajstić information content (AvgIpc) is 2.46. The summed E-state index contributed by atoms with van der Waals surface area (Å²) in [5, 5.41) is 11.1. The summed E-state index contributed by atoms with van der Waals surface area (Å²) < 4.78 is 5.59. The molecule has 0 radical (unpaired) electrons. The van der Waals surface area contributed by atoms with E-state index in [1.165, 1.54) is 18.2 Å². The first kappa shape index (κ1) is 15.7. The van der Waals surface area contributed by atoms with Crippen LogP contribution in [0, 0.1) is 10.1 Å². The van der Waals surface area contributed by atoms with Crippen LogP contribution in [0.1, 0.15) is 36.7 Å². The number of carbonyl (C=O) groups is 1. The second-order valence-electron chi connectivity index (χ2n) is 5.95. The van der Waals surface area contributed by atoms with Crippen molar-refractivity contribution in [3.8, 4) is 11.5 Å². The number of carbonyl (C=O) groups excluding carboxylic acids is 1. The van der Waals surface area contributed by atoms with Crippen molar-refractivity contribution in [3.05, 3.63) is 63.7 Å².